The lowest BCUT2D eigenvalue weighted by atomic mass is 9.34. The van der Waals surface area contributed by atoms with Crippen molar-refractivity contribution in [1.29, 1.82) is 0 Å². The third kappa shape index (κ3) is 3.50. The minimum Gasteiger partial charge on any atom is -0.349 e. The van der Waals surface area contributed by atoms with E-state index in [-0.39, 0.29) is 63.7 Å². The van der Waals surface area contributed by atoms with Gasteiger partial charge in [0, 0.05) is 22.2 Å². The Morgan fingerprint density at radius 3 is 2.36 bits per heavy atom. The molecule has 5 aliphatic rings. The molecule has 8 atom stereocenters. The van der Waals surface area contributed by atoms with Crippen LogP contribution in [-0.2, 0) is 19.2 Å². The van der Waals surface area contributed by atoms with E-state index in [4.69, 9.17) is 6.57 Å². The standard InChI is InChI=1S/C33H44N2O4/c1-28(2)23-9-10-32(6)24(31(23,5)19-21(34-8)26(28)38)17-22(37)25-20-18-30(4,27(39)35-15-16-36)12-11-29(20,3)13-14-33(25,32)7/h16-17,19-20,23,25H,9-15,18H2,1-7H3,(H,35,39)/t20-,23-,25-,29+,30-,31-,32+,33+/m0/s1. The Hall–Kier alpha value is -2.55. The van der Waals surface area contributed by atoms with Gasteiger partial charge in [-0.25, -0.2) is 4.85 Å². The van der Waals surface area contributed by atoms with Crippen molar-refractivity contribution in [3.05, 3.63) is 34.8 Å². The number of nitrogens with one attached hydrogen (secondary N) is 1. The molecule has 6 heteroatoms. The van der Waals surface area contributed by atoms with Crippen molar-refractivity contribution < 1.29 is 19.2 Å². The van der Waals surface area contributed by atoms with Gasteiger partial charge >= 0.3 is 0 Å². The molecule has 0 aromatic rings. The highest BCUT2D eigenvalue weighted by atomic mass is 16.2. The summed E-state index contributed by atoms with van der Waals surface area (Å²) in [7, 11) is 0. The highest BCUT2D eigenvalue weighted by Crippen LogP contribution is 2.74. The van der Waals surface area contributed by atoms with Crippen molar-refractivity contribution in [3.8, 4) is 0 Å². The highest BCUT2D eigenvalue weighted by molar-refractivity contribution is 6.03. The molecule has 3 saturated carbocycles. The van der Waals surface area contributed by atoms with E-state index in [9.17, 15) is 19.2 Å². The molecular weight excluding hydrogens is 488 g/mol. The zero-order valence-corrected chi connectivity index (χ0v) is 24.7. The van der Waals surface area contributed by atoms with Crippen LogP contribution in [0.2, 0.25) is 0 Å². The molecule has 1 amide bonds. The number of nitrogens with zero attached hydrogens (tertiary/aromatic N) is 1. The monoisotopic (exact) mass is 532 g/mol. The zero-order chi connectivity index (χ0) is 28.8. The van der Waals surface area contributed by atoms with Gasteiger partial charge in [0.25, 0.3) is 0 Å². The number of rotatable bonds is 3. The average Bonchev–Trinajstić information content (AvgIpc) is 2.87. The first-order valence-electron chi connectivity index (χ1n) is 14.7. The van der Waals surface area contributed by atoms with Crippen LogP contribution < -0.4 is 5.32 Å². The fraction of sp³-hybridized carbons (Fsp3) is 0.727. The molecule has 5 aliphatic carbocycles. The Bertz CT molecular complexity index is 1270. The molecular formula is C33H44N2O4. The van der Waals surface area contributed by atoms with Gasteiger partial charge in [0.1, 0.15) is 6.29 Å². The van der Waals surface area contributed by atoms with Gasteiger partial charge in [-0.05, 0) is 79.1 Å². The van der Waals surface area contributed by atoms with Gasteiger partial charge in [0.05, 0.1) is 13.1 Å². The minimum absolute atomic E-state index is 0.0104. The largest absolute Gasteiger partial charge is 0.349 e. The Morgan fingerprint density at radius 2 is 1.72 bits per heavy atom. The number of carbonyl (C=O) groups excluding carboxylic acids is 4. The van der Waals surface area contributed by atoms with Crippen molar-refractivity contribution in [2.45, 2.75) is 93.4 Å². The summed E-state index contributed by atoms with van der Waals surface area (Å²) in [6, 6.07) is 0. The van der Waals surface area contributed by atoms with Crippen LogP contribution in [0.15, 0.2) is 23.4 Å². The van der Waals surface area contributed by atoms with Gasteiger partial charge in [-0.15, -0.1) is 0 Å². The topological polar surface area (TPSA) is 84.7 Å². The van der Waals surface area contributed by atoms with Crippen molar-refractivity contribution >= 4 is 23.8 Å². The zero-order valence-electron chi connectivity index (χ0n) is 24.7. The summed E-state index contributed by atoms with van der Waals surface area (Å²) < 4.78 is 0. The second-order valence-corrected chi connectivity index (χ2v) is 15.2. The van der Waals surface area contributed by atoms with Crippen LogP contribution in [0, 0.1) is 56.8 Å². The molecule has 1 N–H and O–H groups in total. The molecule has 5 rings (SSSR count). The van der Waals surface area contributed by atoms with Gasteiger partial charge in [-0.1, -0.05) is 60.1 Å². The smallest absolute Gasteiger partial charge is 0.226 e. The molecule has 0 bridgehead atoms. The number of ketones is 2. The first-order chi connectivity index (χ1) is 18.0. The van der Waals surface area contributed by atoms with Gasteiger partial charge in [-0.2, -0.15) is 0 Å². The number of carbonyl (C=O) groups is 4. The van der Waals surface area contributed by atoms with Gasteiger partial charge < -0.3 is 14.9 Å². The second kappa shape index (κ2) is 8.48. The first kappa shape index (κ1) is 28.0. The molecule has 0 radical (unpaired) electrons. The molecule has 39 heavy (non-hydrogen) atoms. The molecule has 3 fully saturated rings. The number of Topliss-reactive ketones (excluding diaryl/α,β-unsaturated/α-hetero) is 1. The van der Waals surface area contributed by atoms with Gasteiger partial charge in [0.15, 0.2) is 11.6 Å². The van der Waals surface area contributed by atoms with E-state index < -0.39 is 16.2 Å². The van der Waals surface area contributed by atoms with E-state index >= 15 is 0 Å². The fourth-order valence-electron chi connectivity index (χ4n) is 10.2. The molecule has 0 aliphatic heterocycles. The Morgan fingerprint density at radius 1 is 1.05 bits per heavy atom. The molecule has 6 nitrogen and oxygen atoms in total. The number of allylic oxidation sites excluding steroid dienone is 4. The summed E-state index contributed by atoms with van der Waals surface area (Å²) in [6.07, 6.45) is 10.5. The third-order valence-electron chi connectivity index (χ3n) is 12.9. The maximum absolute atomic E-state index is 14.4. The van der Waals surface area contributed by atoms with Gasteiger partial charge in [-0.3, -0.25) is 9.59 Å². The lowest BCUT2D eigenvalue weighted by Gasteiger charge is -2.69. The Labute approximate surface area is 233 Å². The Balaban J connectivity index is 1.62. The van der Waals surface area contributed by atoms with E-state index in [0.29, 0.717) is 12.7 Å². The van der Waals surface area contributed by atoms with E-state index in [0.717, 1.165) is 44.1 Å². The summed E-state index contributed by atoms with van der Waals surface area (Å²) in [6.45, 7) is 22.8. The minimum atomic E-state index is -0.669. The van der Waals surface area contributed by atoms with E-state index in [2.05, 4.69) is 37.9 Å². The van der Waals surface area contributed by atoms with Crippen molar-refractivity contribution in [1.82, 2.24) is 5.32 Å². The second-order valence-electron chi connectivity index (χ2n) is 15.2. The maximum atomic E-state index is 14.4. The number of amides is 1. The summed E-state index contributed by atoms with van der Waals surface area (Å²) >= 11 is 0. The van der Waals surface area contributed by atoms with Crippen molar-refractivity contribution in [3.63, 3.8) is 0 Å². The van der Waals surface area contributed by atoms with E-state index in [1.807, 2.05) is 32.9 Å². The lowest BCUT2D eigenvalue weighted by molar-refractivity contribution is -0.172. The molecule has 0 unspecified atom stereocenters. The number of hydrogen-bond acceptors (Lipinski definition) is 4. The molecule has 0 aromatic carbocycles. The molecule has 0 saturated heterocycles. The SMILES string of the molecule is [C-]#[N+]C1=C[C@]2(C)C3=CC(=O)[C@@H]4[C@@H]5C[C@@](C)(C(=O)NCC=O)CC[C@]5(C)CC[C@@]4(C)[C@]3(C)CC[C@H]2C(C)(C)C1=O. The van der Waals surface area contributed by atoms with Crippen LogP contribution in [0.25, 0.3) is 4.85 Å². The highest BCUT2D eigenvalue weighted by Gasteiger charge is 2.69. The van der Waals surface area contributed by atoms with Crippen molar-refractivity contribution in [2.24, 2.45) is 50.2 Å². The predicted molar refractivity (Wildman–Crippen MR) is 149 cm³/mol. The molecule has 0 aromatic heterocycles. The summed E-state index contributed by atoms with van der Waals surface area (Å²) in [5, 5.41) is 2.79. The quantitative estimate of drug-likeness (QED) is 0.364. The predicted octanol–water partition coefficient (Wildman–Crippen LogP) is 5.87. The van der Waals surface area contributed by atoms with Crippen LogP contribution in [0.4, 0.5) is 0 Å². The first-order valence-corrected chi connectivity index (χ1v) is 14.7. The fourth-order valence-corrected chi connectivity index (χ4v) is 10.2. The van der Waals surface area contributed by atoms with Crippen LogP contribution in [0.1, 0.15) is 93.4 Å². The van der Waals surface area contributed by atoms with Crippen molar-refractivity contribution in [2.75, 3.05) is 6.54 Å². The summed E-state index contributed by atoms with van der Waals surface area (Å²) in [4.78, 5) is 55.4. The molecule has 210 valence electrons. The summed E-state index contributed by atoms with van der Waals surface area (Å²) in [5.41, 5.74) is -1.08. The lowest BCUT2D eigenvalue weighted by Crippen LogP contribution is -2.65. The average molecular weight is 533 g/mol. The van der Waals surface area contributed by atoms with Crippen LogP contribution >= 0.6 is 0 Å². The van der Waals surface area contributed by atoms with Crippen LogP contribution in [0.5, 0.6) is 0 Å². The number of aldehydes is 1. The van der Waals surface area contributed by atoms with E-state index in [1.165, 1.54) is 0 Å². The normalized spacial score (nSPS) is 46.3. The molecule has 0 heterocycles. The van der Waals surface area contributed by atoms with E-state index in [1.54, 1.807) is 0 Å². The summed E-state index contributed by atoms with van der Waals surface area (Å²) in [5.74, 6) is -0.113. The maximum Gasteiger partial charge on any atom is 0.226 e. The number of hydrogen-bond donors (Lipinski definition) is 1. The Kier molecular flexibility index (Phi) is 6.09. The van der Waals surface area contributed by atoms with Gasteiger partial charge in [0.2, 0.25) is 11.6 Å². The van der Waals surface area contributed by atoms with Crippen LogP contribution in [0.3, 0.4) is 0 Å². The van der Waals surface area contributed by atoms with Crippen LogP contribution in [-0.4, -0.2) is 30.3 Å². The molecule has 0 spiro atoms. The number of fused-ring (bicyclic) bond motifs is 7. The third-order valence-corrected chi connectivity index (χ3v) is 12.9.